The van der Waals surface area contributed by atoms with Crippen molar-refractivity contribution in [2.75, 3.05) is 17.8 Å². The maximum atomic E-state index is 11.1. The zero-order valence-corrected chi connectivity index (χ0v) is 12.9. The van der Waals surface area contributed by atoms with E-state index >= 15 is 0 Å². The quantitative estimate of drug-likeness (QED) is 0.742. The van der Waals surface area contributed by atoms with Crippen LogP contribution in [0, 0.1) is 11.3 Å². The fourth-order valence-corrected chi connectivity index (χ4v) is 3.81. The van der Waals surface area contributed by atoms with Crippen LogP contribution in [0.1, 0.15) is 30.7 Å². The standard InChI is InChI=1S/C12H17N3O2S2/c1-4-9-10(8-13)12(15-14-11(9)5-2)18-6-7-19(3,16)17/h4-7H2,1-3H3. The van der Waals surface area contributed by atoms with Gasteiger partial charge in [0.25, 0.3) is 0 Å². The van der Waals surface area contributed by atoms with E-state index in [9.17, 15) is 13.7 Å². The van der Waals surface area contributed by atoms with E-state index < -0.39 is 9.84 Å². The molecular formula is C12H17N3O2S2. The number of rotatable bonds is 6. The van der Waals surface area contributed by atoms with Crippen LogP contribution >= 0.6 is 11.8 Å². The van der Waals surface area contributed by atoms with Gasteiger partial charge in [0, 0.05) is 12.0 Å². The predicted molar refractivity (Wildman–Crippen MR) is 75.9 cm³/mol. The molecule has 0 radical (unpaired) electrons. The van der Waals surface area contributed by atoms with E-state index in [0.717, 1.165) is 24.1 Å². The molecule has 7 heteroatoms. The highest BCUT2D eigenvalue weighted by molar-refractivity contribution is 8.00. The monoisotopic (exact) mass is 299 g/mol. The Kier molecular flexibility index (Phi) is 5.76. The average Bonchev–Trinajstić information content (AvgIpc) is 2.36. The van der Waals surface area contributed by atoms with Crippen LogP contribution in [-0.4, -0.2) is 36.4 Å². The second-order valence-corrected chi connectivity index (χ2v) is 7.45. The summed E-state index contributed by atoms with van der Waals surface area (Å²) in [6.45, 7) is 3.95. The van der Waals surface area contributed by atoms with E-state index in [4.69, 9.17) is 0 Å². The number of aromatic nitrogens is 2. The molecule has 0 aromatic carbocycles. The molecule has 1 heterocycles. The van der Waals surface area contributed by atoms with Gasteiger partial charge in [-0.15, -0.1) is 16.9 Å². The molecule has 0 aliphatic rings. The molecule has 0 unspecified atom stereocenters. The Hall–Kier alpha value is -1.13. The molecule has 0 N–H and O–H groups in total. The fraction of sp³-hybridized carbons (Fsp3) is 0.583. The number of nitriles is 1. The van der Waals surface area contributed by atoms with Gasteiger partial charge in [-0.1, -0.05) is 13.8 Å². The maximum Gasteiger partial charge on any atom is 0.148 e. The number of thioether (sulfide) groups is 1. The van der Waals surface area contributed by atoms with Gasteiger partial charge in [0.05, 0.1) is 17.0 Å². The molecule has 0 aliphatic carbocycles. The third-order valence-electron chi connectivity index (χ3n) is 2.62. The summed E-state index contributed by atoms with van der Waals surface area (Å²) in [7, 11) is -2.99. The highest BCUT2D eigenvalue weighted by Crippen LogP contribution is 2.24. The first kappa shape index (κ1) is 15.9. The Morgan fingerprint density at radius 2 is 1.95 bits per heavy atom. The van der Waals surface area contributed by atoms with Gasteiger partial charge in [0.2, 0.25) is 0 Å². The summed E-state index contributed by atoms with van der Waals surface area (Å²) in [5, 5.41) is 18.0. The molecule has 104 valence electrons. The van der Waals surface area contributed by atoms with Crippen molar-refractivity contribution in [1.82, 2.24) is 10.2 Å². The molecule has 1 aromatic rings. The zero-order valence-electron chi connectivity index (χ0n) is 11.3. The first-order valence-electron chi connectivity index (χ1n) is 6.02. The molecule has 0 bridgehead atoms. The third kappa shape index (κ3) is 4.48. The molecule has 1 rings (SSSR count). The Morgan fingerprint density at radius 3 is 2.42 bits per heavy atom. The molecule has 5 nitrogen and oxygen atoms in total. The van der Waals surface area contributed by atoms with Crippen molar-refractivity contribution >= 4 is 21.6 Å². The molecule has 0 aliphatic heterocycles. The lowest BCUT2D eigenvalue weighted by Gasteiger charge is -2.09. The van der Waals surface area contributed by atoms with E-state index in [0.29, 0.717) is 16.3 Å². The van der Waals surface area contributed by atoms with Crippen molar-refractivity contribution in [3.63, 3.8) is 0 Å². The highest BCUT2D eigenvalue weighted by atomic mass is 32.2. The molecule has 0 amide bonds. The number of sulfone groups is 1. The van der Waals surface area contributed by atoms with Gasteiger partial charge in [-0.2, -0.15) is 10.4 Å². The predicted octanol–water partition coefficient (Wildman–Crippen LogP) is 1.61. The van der Waals surface area contributed by atoms with Crippen LogP contribution in [0.2, 0.25) is 0 Å². The molecule has 1 aromatic heterocycles. The Bertz CT molecular complexity index is 592. The van der Waals surface area contributed by atoms with Gasteiger partial charge >= 0.3 is 0 Å². The third-order valence-corrected chi connectivity index (χ3v) is 4.79. The van der Waals surface area contributed by atoms with Crippen molar-refractivity contribution in [3.05, 3.63) is 16.8 Å². The van der Waals surface area contributed by atoms with Crippen LogP contribution in [-0.2, 0) is 22.7 Å². The Morgan fingerprint density at radius 1 is 1.26 bits per heavy atom. The van der Waals surface area contributed by atoms with Crippen molar-refractivity contribution in [2.24, 2.45) is 0 Å². The minimum Gasteiger partial charge on any atom is -0.229 e. The van der Waals surface area contributed by atoms with Gasteiger partial charge in [-0.25, -0.2) is 8.42 Å². The summed E-state index contributed by atoms with van der Waals surface area (Å²) in [5.74, 6) is 0.456. The minimum absolute atomic E-state index is 0.0706. The van der Waals surface area contributed by atoms with Gasteiger partial charge in [-0.3, -0.25) is 0 Å². The minimum atomic E-state index is -2.99. The molecular weight excluding hydrogens is 282 g/mol. The lowest BCUT2D eigenvalue weighted by Crippen LogP contribution is -2.08. The van der Waals surface area contributed by atoms with Crippen LogP contribution in [0.5, 0.6) is 0 Å². The smallest absolute Gasteiger partial charge is 0.148 e. The number of hydrogen-bond acceptors (Lipinski definition) is 6. The second-order valence-electron chi connectivity index (χ2n) is 4.10. The molecule has 19 heavy (non-hydrogen) atoms. The summed E-state index contributed by atoms with van der Waals surface area (Å²) in [5.41, 5.74) is 2.29. The molecule has 0 fully saturated rings. The van der Waals surface area contributed by atoms with E-state index in [1.54, 1.807) is 0 Å². The number of hydrogen-bond donors (Lipinski definition) is 0. The summed E-state index contributed by atoms with van der Waals surface area (Å²) in [4.78, 5) is 0. The van der Waals surface area contributed by atoms with Crippen molar-refractivity contribution in [1.29, 1.82) is 5.26 Å². The Balaban J connectivity index is 2.99. The topological polar surface area (TPSA) is 83.7 Å². The molecule has 0 saturated heterocycles. The average molecular weight is 299 g/mol. The molecule has 0 spiro atoms. The molecule has 0 saturated carbocycles. The maximum absolute atomic E-state index is 11.1. The van der Waals surface area contributed by atoms with E-state index in [1.165, 1.54) is 18.0 Å². The summed E-state index contributed by atoms with van der Waals surface area (Å²) >= 11 is 1.27. The van der Waals surface area contributed by atoms with Gasteiger partial charge in [0.15, 0.2) is 0 Å². The van der Waals surface area contributed by atoms with E-state index in [2.05, 4.69) is 16.3 Å². The first-order chi connectivity index (χ1) is 8.92. The van der Waals surface area contributed by atoms with E-state index in [1.807, 2.05) is 13.8 Å². The Labute approximate surface area is 118 Å². The van der Waals surface area contributed by atoms with Crippen molar-refractivity contribution in [3.8, 4) is 6.07 Å². The highest BCUT2D eigenvalue weighted by Gasteiger charge is 2.15. The SMILES string of the molecule is CCc1nnc(SCCS(C)(=O)=O)c(C#N)c1CC. The van der Waals surface area contributed by atoms with Gasteiger partial charge in [0.1, 0.15) is 20.9 Å². The lowest BCUT2D eigenvalue weighted by molar-refractivity contribution is 0.603. The zero-order chi connectivity index (χ0) is 14.5. The lowest BCUT2D eigenvalue weighted by atomic mass is 10.1. The normalized spacial score (nSPS) is 11.3. The van der Waals surface area contributed by atoms with Gasteiger partial charge < -0.3 is 0 Å². The van der Waals surface area contributed by atoms with Crippen LogP contribution in [0.3, 0.4) is 0 Å². The largest absolute Gasteiger partial charge is 0.229 e. The summed E-state index contributed by atoms with van der Waals surface area (Å²) < 4.78 is 22.2. The van der Waals surface area contributed by atoms with Crippen molar-refractivity contribution < 1.29 is 8.42 Å². The molecule has 0 atom stereocenters. The summed E-state index contributed by atoms with van der Waals surface area (Å²) in [6.07, 6.45) is 2.66. The summed E-state index contributed by atoms with van der Waals surface area (Å²) in [6, 6.07) is 2.16. The fourth-order valence-electron chi connectivity index (χ4n) is 1.66. The van der Waals surface area contributed by atoms with Crippen LogP contribution < -0.4 is 0 Å². The van der Waals surface area contributed by atoms with Crippen LogP contribution in [0.4, 0.5) is 0 Å². The van der Waals surface area contributed by atoms with E-state index in [-0.39, 0.29) is 5.75 Å². The first-order valence-corrected chi connectivity index (χ1v) is 9.06. The van der Waals surface area contributed by atoms with Crippen LogP contribution in [0.15, 0.2) is 5.03 Å². The number of nitrogens with zero attached hydrogens (tertiary/aromatic N) is 3. The van der Waals surface area contributed by atoms with Crippen LogP contribution in [0.25, 0.3) is 0 Å². The number of aryl methyl sites for hydroxylation is 1. The van der Waals surface area contributed by atoms with Gasteiger partial charge in [-0.05, 0) is 18.4 Å². The second kappa shape index (κ2) is 6.87. The van der Waals surface area contributed by atoms with Crippen molar-refractivity contribution in [2.45, 2.75) is 31.7 Å².